The van der Waals surface area contributed by atoms with Gasteiger partial charge in [-0.05, 0) is 96.0 Å². The van der Waals surface area contributed by atoms with E-state index in [1.54, 1.807) is 16.2 Å². The summed E-state index contributed by atoms with van der Waals surface area (Å²) in [6.07, 6.45) is 10.7. The minimum absolute atomic E-state index is 0.00287. The number of nitrogens with zero attached hydrogens (tertiary/aromatic N) is 3. The molecule has 2 amide bonds. The first-order valence-electron chi connectivity index (χ1n) is 16.6. The molecular weight excluding hydrogens is 570 g/mol. The number of allylic oxidation sites excluding steroid dienone is 1. The fraction of sp³-hybridized carbons (Fsp3) is 0.743. The number of rotatable bonds is 14. The van der Waals surface area contributed by atoms with Crippen LogP contribution in [0.15, 0.2) is 24.2 Å². The summed E-state index contributed by atoms with van der Waals surface area (Å²) in [6.45, 7) is 20.6. The smallest absolute Gasteiger partial charge is 0.242 e. The fourth-order valence-corrected chi connectivity index (χ4v) is 7.44. The van der Waals surface area contributed by atoms with Gasteiger partial charge in [-0.2, -0.15) is 0 Å². The Balaban J connectivity index is 1.79. The maximum atomic E-state index is 13.8. The van der Waals surface area contributed by atoms with E-state index in [0.29, 0.717) is 32.0 Å². The highest BCUT2D eigenvalue weighted by Crippen LogP contribution is 2.33. The van der Waals surface area contributed by atoms with E-state index in [2.05, 4.69) is 74.8 Å². The summed E-state index contributed by atoms with van der Waals surface area (Å²) in [6, 6.07) is -0.835. The van der Waals surface area contributed by atoms with Crippen LogP contribution < -0.4 is 10.6 Å². The maximum absolute atomic E-state index is 13.8. The third-order valence-electron chi connectivity index (χ3n) is 9.68. The molecule has 0 aliphatic carbocycles. The molecule has 2 aliphatic heterocycles. The molecule has 1 aromatic rings. The summed E-state index contributed by atoms with van der Waals surface area (Å²) >= 11 is 1.66. The number of ether oxygens (including phenoxy) is 1. The van der Waals surface area contributed by atoms with Crippen molar-refractivity contribution in [3.63, 3.8) is 0 Å². The molecule has 2 unspecified atom stereocenters. The molecule has 2 aliphatic rings. The number of carbonyl (C=O) groups is 2. The van der Waals surface area contributed by atoms with Crippen LogP contribution >= 0.6 is 11.3 Å². The van der Waals surface area contributed by atoms with Crippen LogP contribution in [0.25, 0.3) is 5.57 Å². The first kappa shape index (κ1) is 36.4. The summed E-state index contributed by atoms with van der Waals surface area (Å²) in [4.78, 5) is 37.3. The van der Waals surface area contributed by atoms with E-state index in [0.717, 1.165) is 44.5 Å². The number of thiazole rings is 1. The average Bonchev–Trinajstić information content (AvgIpc) is 3.43. The van der Waals surface area contributed by atoms with E-state index in [-0.39, 0.29) is 29.4 Å². The third-order valence-corrected chi connectivity index (χ3v) is 10.7. The van der Waals surface area contributed by atoms with Gasteiger partial charge in [-0.1, -0.05) is 46.8 Å². The highest BCUT2D eigenvalue weighted by Gasteiger charge is 2.40. The molecular formula is C35H59N5O3S. The molecule has 8 nitrogen and oxygen atoms in total. The van der Waals surface area contributed by atoms with Crippen molar-refractivity contribution in [2.45, 2.75) is 105 Å². The Morgan fingerprint density at radius 2 is 1.89 bits per heavy atom. The SMILES string of the molecule is C=CC(C)(CNC(=O)[C@@H]1CCCCN1C(=O)[C@@H](NC)C(C)(C)C)C(/C=C(\CC)c1scnc1C)OCCC1CCN(C)CC1. The molecule has 1 aromatic heterocycles. The van der Waals surface area contributed by atoms with Crippen LogP contribution in [0, 0.1) is 23.7 Å². The molecule has 0 spiro atoms. The molecule has 3 rings (SSSR count). The first-order valence-corrected chi connectivity index (χ1v) is 17.5. The number of hydrogen-bond donors (Lipinski definition) is 2. The Morgan fingerprint density at radius 1 is 1.18 bits per heavy atom. The predicted molar refractivity (Wildman–Crippen MR) is 183 cm³/mol. The van der Waals surface area contributed by atoms with Crippen molar-refractivity contribution in [1.82, 2.24) is 25.4 Å². The quantitative estimate of drug-likeness (QED) is 0.258. The van der Waals surface area contributed by atoms with Gasteiger partial charge in [0.1, 0.15) is 6.04 Å². The second-order valence-corrected chi connectivity index (χ2v) is 15.1. The summed E-state index contributed by atoms with van der Waals surface area (Å²) in [5, 5.41) is 6.44. The van der Waals surface area contributed by atoms with E-state index in [9.17, 15) is 9.59 Å². The van der Waals surface area contributed by atoms with Crippen molar-refractivity contribution in [3.05, 3.63) is 34.8 Å². The van der Waals surface area contributed by atoms with Crippen LogP contribution in [0.1, 0.15) is 90.1 Å². The molecule has 0 saturated carbocycles. The Bertz CT molecular complexity index is 1120. The Morgan fingerprint density at radius 3 is 2.45 bits per heavy atom. The number of carbonyl (C=O) groups excluding carboxylic acids is 2. The van der Waals surface area contributed by atoms with E-state index >= 15 is 0 Å². The van der Waals surface area contributed by atoms with Crippen LogP contribution in [-0.2, 0) is 14.3 Å². The van der Waals surface area contributed by atoms with Crippen molar-refractivity contribution in [3.8, 4) is 0 Å². The molecule has 0 aromatic carbocycles. The Hall–Kier alpha value is -2.07. The highest BCUT2D eigenvalue weighted by atomic mass is 32.1. The lowest BCUT2D eigenvalue weighted by Gasteiger charge is -2.41. The number of nitrogens with one attached hydrogen (secondary N) is 2. The second kappa shape index (κ2) is 16.5. The number of hydrogen-bond acceptors (Lipinski definition) is 7. The minimum atomic E-state index is -0.552. The average molecular weight is 630 g/mol. The van der Waals surface area contributed by atoms with Gasteiger partial charge in [-0.15, -0.1) is 17.9 Å². The molecule has 9 heteroatoms. The number of piperidine rings is 2. The number of likely N-dealkylation sites (N-methyl/N-ethyl adjacent to an activating group) is 1. The summed E-state index contributed by atoms with van der Waals surface area (Å²) in [5.74, 6) is 0.569. The van der Waals surface area contributed by atoms with Crippen LogP contribution in [0.5, 0.6) is 0 Å². The number of aromatic nitrogens is 1. The lowest BCUT2D eigenvalue weighted by atomic mass is 9.82. The van der Waals surface area contributed by atoms with E-state index in [1.165, 1.54) is 23.3 Å². The van der Waals surface area contributed by atoms with Gasteiger partial charge in [0, 0.05) is 25.1 Å². The Labute approximate surface area is 271 Å². The molecule has 2 N–H and O–H groups in total. The van der Waals surface area contributed by atoms with Crippen molar-refractivity contribution in [2.75, 3.05) is 46.9 Å². The summed E-state index contributed by atoms with van der Waals surface area (Å²) < 4.78 is 6.72. The van der Waals surface area contributed by atoms with Crippen molar-refractivity contribution in [2.24, 2.45) is 16.7 Å². The fourth-order valence-electron chi connectivity index (χ4n) is 6.53. The lowest BCUT2D eigenvalue weighted by Crippen LogP contribution is -2.59. The zero-order chi connectivity index (χ0) is 32.5. The van der Waals surface area contributed by atoms with E-state index in [4.69, 9.17) is 4.74 Å². The van der Waals surface area contributed by atoms with Crippen LogP contribution in [-0.4, -0.2) is 91.7 Å². The number of amides is 2. The van der Waals surface area contributed by atoms with Gasteiger partial charge >= 0.3 is 0 Å². The zero-order valence-electron chi connectivity index (χ0n) is 28.7. The van der Waals surface area contributed by atoms with Gasteiger partial charge in [0.2, 0.25) is 11.8 Å². The molecule has 44 heavy (non-hydrogen) atoms. The van der Waals surface area contributed by atoms with Crippen molar-refractivity contribution >= 4 is 28.7 Å². The normalized spacial score (nSPS) is 21.9. The molecule has 248 valence electrons. The minimum Gasteiger partial charge on any atom is -0.373 e. The van der Waals surface area contributed by atoms with Gasteiger partial charge in [0.25, 0.3) is 0 Å². The highest BCUT2D eigenvalue weighted by molar-refractivity contribution is 7.10. The topological polar surface area (TPSA) is 86.8 Å². The molecule has 3 heterocycles. The molecule has 0 bridgehead atoms. The maximum Gasteiger partial charge on any atom is 0.242 e. The van der Waals surface area contributed by atoms with Gasteiger partial charge < -0.3 is 25.2 Å². The van der Waals surface area contributed by atoms with Crippen LogP contribution in [0.2, 0.25) is 0 Å². The lowest BCUT2D eigenvalue weighted by molar-refractivity contribution is -0.146. The van der Waals surface area contributed by atoms with Crippen LogP contribution in [0.4, 0.5) is 0 Å². The predicted octanol–water partition coefficient (Wildman–Crippen LogP) is 5.69. The standard InChI is InChI=1S/C35H59N5O3S/c1-10-27(30-25(3)38-24-44-30)22-29(43-21-17-26-15-19-39(9)20-16-26)35(7,11-2)23-37-32(41)28-14-12-13-18-40(28)33(42)31(36-8)34(4,5)6/h11,22,24,26,28-29,31,36H,2,10,12-21,23H2,1,3-9H3,(H,37,41)/b27-22+/t28-,29?,31+,35?/m0/s1. The zero-order valence-corrected chi connectivity index (χ0v) is 29.5. The number of aryl methyl sites for hydroxylation is 1. The molecule has 0 radical (unpaired) electrons. The monoisotopic (exact) mass is 629 g/mol. The second-order valence-electron chi connectivity index (χ2n) is 14.2. The van der Waals surface area contributed by atoms with E-state index < -0.39 is 11.5 Å². The number of likely N-dealkylation sites (tertiary alicyclic amines) is 2. The molecule has 4 atom stereocenters. The summed E-state index contributed by atoms with van der Waals surface area (Å²) in [5.41, 5.74) is 3.32. The van der Waals surface area contributed by atoms with E-state index in [1.807, 2.05) is 25.6 Å². The van der Waals surface area contributed by atoms with Gasteiger partial charge in [0.15, 0.2) is 0 Å². The first-order chi connectivity index (χ1) is 20.8. The van der Waals surface area contributed by atoms with Gasteiger partial charge in [0.05, 0.1) is 28.2 Å². The third kappa shape index (κ3) is 9.47. The van der Waals surface area contributed by atoms with Gasteiger partial charge in [-0.25, -0.2) is 4.98 Å². The van der Waals surface area contributed by atoms with Gasteiger partial charge in [-0.3, -0.25) is 9.59 Å². The molecule has 2 saturated heterocycles. The van der Waals surface area contributed by atoms with Crippen molar-refractivity contribution < 1.29 is 14.3 Å². The molecule has 2 fully saturated rings. The summed E-state index contributed by atoms with van der Waals surface area (Å²) in [7, 11) is 4.01. The van der Waals surface area contributed by atoms with Crippen molar-refractivity contribution in [1.29, 1.82) is 0 Å². The largest absolute Gasteiger partial charge is 0.373 e. The van der Waals surface area contributed by atoms with Crippen LogP contribution in [0.3, 0.4) is 0 Å². The Kier molecular flexibility index (Phi) is 13.6.